The Balaban J connectivity index is 1.81. The van der Waals surface area contributed by atoms with Gasteiger partial charge in [-0.2, -0.15) is 4.98 Å². The van der Waals surface area contributed by atoms with Crippen molar-refractivity contribution in [1.82, 2.24) is 9.97 Å². The molecule has 0 fully saturated rings. The highest BCUT2D eigenvalue weighted by atomic mass is 35.5. The van der Waals surface area contributed by atoms with Crippen LogP contribution in [0.2, 0.25) is 5.02 Å². The van der Waals surface area contributed by atoms with Gasteiger partial charge in [-0.05, 0) is 42.5 Å². The topological polar surface area (TPSA) is 76.1 Å². The third-order valence-corrected chi connectivity index (χ3v) is 3.60. The maximum atomic E-state index is 11.8. The number of carbonyl (C=O) groups is 1. The molecular formula is C18H15ClN4O2. The fraction of sp³-hybridized carbons (Fsp3) is 0.0556. The number of rotatable bonds is 5. The maximum Gasteiger partial charge on any atom is 0.339 e. The van der Waals surface area contributed by atoms with E-state index in [0.29, 0.717) is 28.0 Å². The van der Waals surface area contributed by atoms with Crippen LogP contribution in [0.1, 0.15) is 10.4 Å². The molecule has 0 spiro atoms. The van der Waals surface area contributed by atoms with Crippen molar-refractivity contribution in [2.45, 2.75) is 0 Å². The third-order valence-electron chi connectivity index (χ3n) is 3.35. The zero-order chi connectivity index (χ0) is 17.6. The molecule has 2 N–H and O–H groups in total. The van der Waals surface area contributed by atoms with Crippen molar-refractivity contribution in [2.24, 2.45) is 0 Å². The summed E-state index contributed by atoms with van der Waals surface area (Å²) >= 11 is 5.88. The molecule has 1 aromatic heterocycles. The number of para-hydroxylation sites is 1. The van der Waals surface area contributed by atoms with Crippen LogP contribution in [0.5, 0.6) is 0 Å². The predicted octanol–water partition coefficient (Wildman–Crippen LogP) is 4.40. The number of hydrogen-bond donors (Lipinski definition) is 2. The summed E-state index contributed by atoms with van der Waals surface area (Å²) in [6.07, 6.45) is 1.62. The molecule has 0 aliphatic carbocycles. The molecule has 0 saturated heterocycles. The summed E-state index contributed by atoms with van der Waals surface area (Å²) in [7, 11) is 1.35. The fourth-order valence-electron chi connectivity index (χ4n) is 2.17. The standard InChI is InChI=1S/C18H15ClN4O2/c1-25-17(24)14-4-2-3-5-15(14)22-16-10-11-20-18(23-16)21-13-8-6-12(19)7-9-13/h2-11H,1H3,(H2,20,21,22,23). The second-order valence-electron chi connectivity index (χ2n) is 5.06. The first-order valence-electron chi connectivity index (χ1n) is 7.46. The van der Waals surface area contributed by atoms with E-state index in [9.17, 15) is 4.79 Å². The van der Waals surface area contributed by atoms with Crippen molar-refractivity contribution >= 4 is 40.7 Å². The lowest BCUT2D eigenvalue weighted by molar-refractivity contribution is 0.0602. The van der Waals surface area contributed by atoms with Crippen LogP contribution in [0.4, 0.5) is 23.1 Å². The molecule has 25 heavy (non-hydrogen) atoms. The molecule has 3 rings (SSSR count). The molecule has 0 bridgehead atoms. The zero-order valence-electron chi connectivity index (χ0n) is 13.4. The molecule has 0 amide bonds. The minimum Gasteiger partial charge on any atom is -0.465 e. The molecule has 0 aliphatic heterocycles. The number of nitrogens with one attached hydrogen (secondary N) is 2. The maximum absolute atomic E-state index is 11.8. The van der Waals surface area contributed by atoms with Crippen molar-refractivity contribution in [3.8, 4) is 0 Å². The average Bonchev–Trinajstić information content (AvgIpc) is 2.64. The highest BCUT2D eigenvalue weighted by Gasteiger charge is 2.11. The van der Waals surface area contributed by atoms with Gasteiger partial charge >= 0.3 is 5.97 Å². The minimum atomic E-state index is -0.420. The normalized spacial score (nSPS) is 10.2. The lowest BCUT2D eigenvalue weighted by Crippen LogP contribution is -2.06. The van der Waals surface area contributed by atoms with Gasteiger partial charge in [0.05, 0.1) is 18.4 Å². The average molecular weight is 355 g/mol. The van der Waals surface area contributed by atoms with E-state index >= 15 is 0 Å². The van der Waals surface area contributed by atoms with E-state index in [1.54, 1.807) is 42.6 Å². The number of carbonyl (C=O) groups excluding carboxylic acids is 1. The van der Waals surface area contributed by atoms with E-state index in [1.807, 2.05) is 18.2 Å². The van der Waals surface area contributed by atoms with Crippen molar-refractivity contribution in [3.63, 3.8) is 0 Å². The molecule has 0 saturated carbocycles. The summed E-state index contributed by atoms with van der Waals surface area (Å²) in [6, 6.07) is 16.0. The van der Waals surface area contributed by atoms with E-state index in [4.69, 9.17) is 16.3 Å². The number of methoxy groups -OCH3 is 1. The summed E-state index contributed by atoms with van der Waals surface area (Å²) in [5.41, 5.74) is 1.85. The Morgan fingerprint density at radius 3 is 2.56 bits per heavy atom. The number of halogens is 1. The third kappa shape index (κ3) is 4.24. The van der Waals surface area contributed by atoms with E-state index < -0.39 is 5.97 Å². The highest BCUT2D eigenvalue weighted by Crippen LogP contribution is 2.22. The van der Waals surface area contributed by atoms with Crippen molar-refractivity contribution in [1.29, 1.82) is 0 Å². The monoisotopic (exact) mass is 354 g/mol. The summed E-state index contributed by atoms with van der Waals surface area (Å²) < 4.78 is 4.79. The van der Waals surface area contributed by atoms with Crippen LogP contribution in [0, 0.1) is 0 Å². The van der Waals surface area contributed by atoms with Gasteiger partial charge in [0.1, 0.15) is 5.82 Å². The summed E-state index contributed by atoms with van der Waals surface area (Å²) in [5.74, 6) is 0.544. The lowest BCUT2D eigenvalue weighted by Gasteiger charge is -2.11. The second kappa shape index (κ2) is 7.63. The van der Waals surface area contributed by atoms with Crippen molar-refractivity contribution < 1.29 is 9.53 Å². The van der Waals surface area contributed by atoms with Crippen molar-refractivity contribution in [2.75, 3.05) is 17.7 Å². The molecular weight excluding hydrogens is 340 g/mol. The van der Waals surface area contributed by atoms with E-state index in [-0.39, 0.29) is 0 Å². The number of nitrogens with zero attached hydrogens (tertiary/aromatic N) is 2. The van der Waals surface area contributed by atoms with E-state index in [1.165, 1.54) is 7.11 Å². The zero-order valence-corrected chi connectivity index (χ0v) is 14.1. The summed E-state index contributed by atoms with van der Waals surface area (Å²) in [4.78, 5) is 20.4. The van der Waals surface area contributed by atoms with Gasteiger partial charge in [-0.1, -0.05) is 23.7 Å². The SMILES string of the molecule is COC(=O)c1ccccc1Nc1ccnc(Nc2ccc(Cl)cc2)n1. The lowest BCUT2D eigenvalue weighted by atomic mass is 10.2. The predicted molar refractivity (Wildman–Crippen MR) is 97.8 cm³/mol. The van der Waals surface area contributed by atoms with Gasteiger partial charge in [0.2, 0.25) is 5.95 Å². The van der Waals surface area contributed by atoms with Crippen LogP contribution in [0.15, 0.2) is 60.8 Å². The van der Waals surface area contributed by atoms with Gasteiger partial charge in [0, 0.05) is 16.9 Å². The molecule has 0 unspecified atom stereocenters. The van der Waals surface area contributed by atoms with Crippen LogP contribution in [0.25, 0.3) is 0 Å². The first-order valence-corrected chi connectivity index (χ1v) is 7.83. The van der Waals surface area contributed by atoms with Gasteiger partial charge in [-0.25, -0.2) is 9.78 Å². The number of benzene rings is 2. The molecule has 3 aromatic rings. The Labute approximate surface area is 149 Å². The van der Waals surface area contributed by atoms with E-state index in [2.05, 4.69) is 20.6 Å². The first-order chi connectivity index (χ1) is 12.2. The Hall–Kier alpha value is -3.12. The highest BCUT2D eigenvalue weighted by molar-refractivity contribution is 6.30. The van der Waals surface area contributed by atoms with Gasteiger partial charge in [0.25, 0.3) is 0 Å². The fourth-order valence-corrected chi connectivity index (χ4v) is 2.29. The van der Waals surface area contributed by atoms with Crippen molar-refractivity contribution in [3.05, 3.63) is 71.4 Å². The molecule has 126 valence electrons. The number of ether oxygens (including phenoxy) is 1. The Kier molecular flexibility index (Phi) is 5.11. The molecule has 6 nitrogen and oxygen atoms in total. The smallest absolute Gasteiger partial charge is 0.339 e. The second-order valence-corrected chi connectivity index (χ2v) is 5.50. The Bertz CT molecular complexity index is 884. The quantitative estimate of drug-likeness (QED) is 0.661. The minimum absolute atomic E-state index is 0.419. The van der Waals surface area contributed by atoms with Gasteiger partial charge in [0.15, 0.2) is 0 Å². The van der Waals surface area contributed by atoms with E-state index in [0.717, 1.165) is 5.69 Å². The Morgan fingerprint density at radius 2 is 1.80 bits per heavy atom. The summed E-state index contributed by atoms with van der Waals surface area (Å²) in [5, 5.41) is 6.86. The largest absolute Gasteiger partial charge is 0.465 e. The first kappa shape index (κ1) is 16.7. The van der Waals surface area contributed by atoms with Crippen LogP contribution in [0.3, 0.4) is 0 Å². The van der Waals surface area contributed by atoms with Crippen LogP contribution in [-0.2, 0) is 4.74 Å². The van der Waals surface area contributed by atoms with Gasteiger partial charge < -0.3 is 15.4 Å². The number of anilines is 4. The number of aromatic nitrogens is 2. The molecule has 0 atom stereocenters. The van der Waals surface area contributed by atoms with Gasteiger partial charge in [-0.15, -0.1) is 0 Å². The molecule has 7 heteroatoms. The number of hydrogen-bond acceptors (Lipinski definition) is 6. The summed E-state index contributed by atoms with van der Waals surface area (Å²) in [6.45, 7) is 0. The molecule has 1 heterocycles. The molecule has 0 radical (unpaired) electrons. The molecule has 0 aliphatic rings. The Morgan fingerprint density at radius 1 is 1.04 bits per heavy atom. The molecule has 2 aromatic carbocycles. The number of esters is 1. The van der Waals surface area contributed by atoms with Crippen LogP contribution in [-0.4, -0.2) is 23.0 Å². The van der Waals surface area contributed by atoms with Gasteiger partial charge in [-0.3, -0.25) is 0 Å². The van der Waals surface area contributed by atoms with Crippen LogP contribution >= 0.6 is 11.6 Å². The van der Waals surface area contributed by atoms with Crippen LogP contribution < -0.4 is 10.6 Å².